The van der Waals surface area contributed by atoms with E-state index < -0.39 is 15.8 Å². The highest BCUT2D eigenvalue weighted by Crippen LogP contribution is 2.26. The van der Waals surface area contributed by atoms with Crippen molar-refractivity contribution in [3.05, 3.63) is 83.7 Å². The molecule has 1 heterocycles. The summed E-state index contributed by atoms with van der Waals surface area (Å²) in [4.78, 5) is 17.0. The monoisotopic (exact) mass is 513 g/mol. The maximum absolute atomic E-state index is 13.1. The van der Waals surface area contributed by atoms with Gasteiger partial charge in [-0.05, 0) is 60.7 Å². The quantitative estimate of drug-likeness (QED) is 0.495. The smallest absolute Gasteiger partial charge is 0.261 e. The number of piperazine rings is 1. The third-order valence-corrected chi connectivity index (χ3v) is 7.41. The number of rotatable bonds is 8. The van der Waals surface area contributed by atoms with E-state index in [9.17, 15) is 17.6 Å². The highest BCUT2D eigenvalue weighted by Gasteiger charge is 2.24. The van der Waals surface area contributed by atoms with Gasteiger partial charge in [0.15, 0.2) is 0 Å². The number of amides is 1. The summed E-state index contributed by atoms with van der Waals surface area (Å²) in [5.74, 6) is 0.839. The van der Waals surface area contributed by atoms with Crippen LogP contribution in [-0.4, -0.2) is 64.5 Å². The molecule has 1 fully saturated rings. The second kappa shape index (κ2) is 11.0. The summed E-state index contributed by atoms with van der Waals surface area (Å²) in [7, 11) is -0.692. The Balaban J connectivity index is 1.40. The topological polar surface area (TPSA) is 88.2 Å². The van der Waals surface area contributed by atoms with Crippen LogP contribution in [0.1, 0.15) is 15.9 Å². The van der Waals surface area contributed by atoms with Crippen LogP contribution in [0.15, 0.2) is 71.6 Å². The summed E-state index contributed by atoms with van der Waals surface area (Å²) < 4.78 is 51.9. The van der Waals surface area contributed by atoms with Crippen molar-refractivity contribution >= 4 is 21.6 Å². The van der Waals surface area contributed by atoms with Crippen molar-refractivity contribution in [3.8, 4) is 11.5 Å². The van der Waals surface area contributed by atoms with Crippen LogP contribution < -0.4 is 14.2 Å². The van der Waals surface area contributed by atoms with E-state index in [1.54, 1.807) is 25.2 Å². The van der Waals surface area contributed by atoms with E-state index in [1.165, 1.54) is 42.5 Å². The minimum Gasteiger partial charge on any atom is -0.497 e. The Kier molecular flexibility index (Phi) is 7.76. The molecule has 0 saturated carbocycles. The lowest BCUT2D eigenvalue weighted by molar-refractivity contribution is 0.0627. The van der Waals surface area contributed by atoms with Gasteiger partial charge in [-0.1, -0.05) is 6.07 Å². The summed E-state index contributed by atoms with van der Waals surface area (Å²) in [5.41, 5.74) is 1.53. The first-order chi connectivity index (χ1) is 17.3. The molecule has 1 saturated heterocycles. The lowest BCUT2D eigenvalue weighted by Gasteiger charge is -2.35. The molecule has 1 aliphatic rings. The number of methoxy groups -OCH3 is 2. The van der Waals surface area contributed by atoms with Gasteiger partial charge in [0.25, 0.3) is 15.9 Å². The Bertz CT molecular complexity index is 1320. The summed E-state index contributed by atoms with van der Waals surface area (Å²) in [6.07, 6.45) is 0. The molecule has 190 valence electrons. The van der Waals surface area contributed by atoms with Gasteiger partial charge in [0.1, 0.15) is 17.3 Å². The van der Waals surface area contributed by atoms with E-state index >= 15 is 0 Å². The lowest BCUT2D eigenvalue weighted by Crippen LogP contribution is -2.48. The Morgan fingerprint density at radius 2 is 1.67 bits per heavy atom. The summed E-state index contributed by atoms with van der Waals surface area (Å²) in [6.45, 7) is 3.00. The lowest BCUT2D eigenvalue weighted by atomic mass is 10.1. The van der Waals surface area contributed by atoms with Crippen LogP contribution in [0.3, 0.4) is 0 Å². The first-order valence-electron chi connectivity index (χ1n) is 11.4. The number of anilines is 1. The third kappa shape index (κ3) is 5.95. The highest BCUT2D eigenvalue weighted by atomic mass is 32.2. The van der Waals surface area contributed by atoms with Gasteiger partial charge in [-0.2, -0.15) is 0 Å². The fourth-order valence-electron chi connectivity index (χ4n) is 4.07. The second-order valence-electron chi connectivity index (χ2n) is 8.39. The van der Waals surface area contributed by atoms with Crippen LogP contribution in [0.4, 0.5) is 10.1 Å². The minimum atomic E-state index is -3.94. The Labute approximate surface area is 210 Å². The SMILES string of the molecule is COc1ccc(OC)c(CN2CCN(C(=O)c3cccc(S(=O)(=O)Nc4ccc(F)cc4)c3)CC2)c1. The van der Waals surface area contributed by atoms with Gasteiger partial charge in [0.05, 0.1) is 19.1 Å². The highest BCUT2D eigenvalue weighted by molar-refractivity contribution is 7.92. The predicted molar refractivity (Wildman–Crippen MR) is 134 cm³/mol. The van der Waals surface area contributed by atoms with E-state index in [1.807, 2.05) is 18.2 Å². The van der Waals surface area contributed by atoms with Gasteiger partial charge in [0, 0.05) is 49.5 Å². The number of carbonyl (C=O) groups excluding carboxylic acids is 1. The van der Waals surface area contributed by atoms with Crippen LogP contribution in [0.5, 0.6) is 11.5 Å². The molecule has 10 heteroatoms. The number of nitrogens with zero attached hydrogens (tertiary/aromatic N) is 2. The van der Waals surface area contributed by atoms with Crippen LogP contribution in [-0.2, 0) is 16.6 Å². The molecule has 0 unspecified atom stereocenters. The van der Waals surface area contributed by atoms with Gasteiger partial charge in [-0.3, -0.25) is 14.4 Å². The van der Waals surface area contributed by atoms with E-state index in [0.717, 1.165) is 17.1 Å². The van der Waals surface area contributed by atoms with Crippen LogP contribution in [0.2, 0.25) is 0 Å². The molecule has 8 nitrogen and oxygen atoms in total. The summed E-state index contributed by atoms with van der Waals surface area (Å²) in [6, 6.07) is 16.6. The molecule has 1 amide bonds. The van der Waals surface area contributed by atoms with Crippen LogP contribution >= 0.6 is 0 Å². The Hall–Kier alpha value is -3.63. The van der Waals surface area contributed by atoms with Gasteiger partial charge < -0.3 is 14.4 Å². The summed E-state index contributed by atoms with van der Waals surface area (Å²) >= 11 is 0. The first-order valence-corrected chi connectivity index (χ1v) is 12.9. The van der Waals surface area contributed by atoms with Crippen molar-refractivity contribution in [1.82, 2.24) is 9.80 Å². The molecule has 0 atom stereocenters. The molecule has 0 aliphatic carbocycles. The fraction of sp³-hybridized carbons (Fsp3) is 0.269. The van der Waals surface area contributed by atoms with Gasteiger partial charge in [-0.25, -0.2) is 12.8 Å². The largest absolute Gasteiger partial charge is 0.497 e. The van der Waals surface area contributed by atoms with Crippen LogP contribution in [0, 0.1) is 5.82 Å². The fourth-order valence-corrected chi connectivity index (χ4v) is 5.17. The number of halogens is 1. The molecular weight excluding hydrogens is 485 g/mol. The number of sulfonamides is 1. The number of benzene rings is 3. The van der Waals surface area contributed by atoms with E-state index in [2.05, 4.69) is 9.62 Å². The Morgan fingerprint density at radius 3 is 2.33 bits per heavy atom. The predicted octanol–water partition coefficient (Wildman–Crippen LogP) is 3.60. The average Bonchev–Trinajstić information content (AvgIpc) is 2.90. The van der Waals surface area contributed by atoms with Crippen molar-refractivity contribution in [2.24, 2.45) is 0 Å². The molecule has 1 N–H and O–H groups in total. The van der Waals surface area contributed by atoms with Crippen molar-refractivity contribution in [2.45, 2.75) is 11.4 Å². The maximum atomic E-state index is 13.1. The van der Waals surface area contributed by atoms with Gasteiger partial charge >= 0.3 is 0 Å². The molecule has 1 aliphatic heterocycles. The molecule has 0 spiro atoms. The van der Waals surface area contributed by atoms with Crippen LogP contribution in [0.25, 0.3) is 0 Å². The Morgan fingerprint density at radius 1 is 0.944 bits per heavy atom. The average molecular weight is 514 g/mol. The van der Waals surface area contributed by atoms with Crippen molar-refractivity contribution < 1.29 is 27.1 Å². The molecule has 0 bridgehead atoms. The van der Waals surface area contributed by atoms with Crippen molar-refractivity contribution in [1.29, 1.82) is 0 Å². The first kappa shape index (κ1) is 25.5. The molecule has 4 rings (SSSR count). The molecule has 36 heavy (non-hydrogen) atoms. The molecule has 0 aromatic heterocycles. The normalized spacial score (nSPS) is 14.4. The number of nitrogens with one attached hydrogen (secondary N) is 1. The van der Waals surface area contributed by atoms with E-state index in [-0.39, 0.29) is 16.5 Å². The number of hydrogen-bond acceptors (Lipinski definition) is 6. The second-order valence-corrected chi connectivity index (χ2v) is 10.1. The minimum absolute atomic E-state index is 0.0403. The standard InChI is InChI=1S/C26H28FN3O5S/c1-34-23-10-11-25(35-2)20(16-23)18-29-12-14-30(15-13-29)26(31)19-4-3-5-24(17-19)36(32,33)28-22-8-6-21(27)7-9-22/h3-11,16-17,28H,12-15,18H2,1-2H3. The third-order valence-electron chi connectivity index (χ3n) is 6.03. The zero-order valence-corrected chi connectivity index (χ0v) is 20.9. The molecule has 3 aromatic carbocycles. The van der Waals surface area contributed by atoms with Gasteiger partial charge in [0.2, 0.25) is 0 Å². The molecule has 0 radical (unpaired) electrons. The number of carbonyl (C=O) groups is 1. The van der Waals surface area contributed by atoms with Crippen molar-refractivity contribution in [3.63, 3.8) is 0 Å². The summed E-state index contributed by atoms with van der Waals surface area (Å²) in [5, 5.41) is 0. The zero-order chi connectivity index (χ0) is 25.7. The van der Waals surface area contributed by atoms with E-state index in [0.29, 0.717) is 38.3 Å². The van der Waals surface area contributed by atoms with E-state index in [4.69, 9.17) is 9.47 Å². The van der Waals surface area contributed by atoms with Gasteiger partial charge in [-0.15, -0.1) is 0 Å². The number of hydrogen-bond donors (Lipinski definition) is 1. The number of ether oxygens (including phenoxy) is 2. The maximum Gasteiger partial charge on any atom is 0.261 e. The molecule has 3 aromatic rings. The molecular formula is C26H28FN3O5S. The van der Waals surface area contributed by atoms with Crippen molar-refractivity contribution in [2.75, 3.05) is 45.1 Å². The zero-order valence-electron chi connectivity index (χ0n) is 20.1.